The molecule has 33 heavy (non-hydrogen) atoms. The van der Waals surface area contributed by atoms with Gasteiger partial charge in [0.1, 0.15) is 12.6 Å². The number of benzene rings is 2. The third kappa shape index (κ3) is 4.69. The predicted molar refractivity (Wildman–Crippen MR) is 121 cm³/mol. The number of nitrogens with zero attached hydrogens (tertiary/aromatic N) is 1. The standard InChI is InChI=1S/C25H23N3O5/c26-23(29)16-11-12-27-13-15(16)9-10-22(24(30)31)28-25(32)33-14-21-19-7-3-1-5-17(19)18-6-2-4-8-20(18)21/h1-8,11-13,21-22H,9-10,14H2,(H2,26,29)(H,28,32)(H,30,31)/t22-/m0/s1. The topological polar surface area (TPSA) is 132 Å². The highest BCUT2D eigenvalue weighted by molar-refractivity contribution is 5.94. The molecule has 0 saturated heterocycles. The van der Waals surface area contributed by atoms with Crippen molar-refractivity contribution in [3.05, 3.63) is 89.2 Å². The minimum absolute atomic E-state index is 0.0471. The van der Waals surface area contributed by atoms with Crippen LogP contribution in [0.5, 0.6) is 0 Å². The van der Waals surface area contributed by atoms with Crippen LogP contribution in [0.3, 0.4) is 0 Å². The molecule has 1 aliphatic carbocycles. The Hall–Kier alpha value is -4.20. The largest absolute Gasteiger partial charge is 0.480 e. The van der Waals surface area contributed by atoms with Crippen LogP contribution >= 0.6 is 0 Å². The molecule has 3 aromatic rings. The number of hydrogen-bond acceptors (Lipinski definition) is 5. The summed E-state index contributed by atoms with van der Waals surface area (Å²) in [7, 11) is 0. The number of aliphatic carboxylic acids is 1. The number of carboxylic acid groups (broad SMARTS) is 1. The Morgan fingerprint density at radius 2 is 1.67 bits per heavy atom. The maximum absolute atomic E-state index is 12.4. The number of rotatable bonds is 8. The molecule has 0 unspecified atom stereocenters. The Labute approximate surface area is 190 Å². The van der Waals surface area contributed by atoms with Crippen molar-refractivity contribution in [3.63, 3.8) is 0 Å². The summed E-state index contributed by atoms with van der Waals surface area (Å²) >= 11 is 0. The number of carbonyl (C=O) groups is 3. The van der Waals surface area contributed by atoms with Gasteiger partial charge in [-0.05, 0) is 46.7 Å². The van der Waals surface area contributed by atoms with Gasteiger partial charge < -0.3 is 20.9 Å². The molecule has 1 heterocycles. The van der Waals surface area contributed by atoms with Gasteiger partial charge in [-0.15, -0.1) is 0 Å². The molecule has 0 radical (unpaired) electrons. The van der Waals surface area contributed by atoms with E-state index in [4.69, 9.17) is 10.5 Å². The van der Waals surface area contributed by atoms with Gasteiger partial charge in [0.15, 0.2) is 0 Å². The van der Waals surface area contributed by atoms with Crippen LogP contribution in [0.2, 0.25) is 0 Å². The predicted octanol–water partition coefficient (Wildman–Crippen LogP) is 3.11. The average molecular weight is 445 g/mol. The zero-order chi connectivity index (χ0) is 23.4. The van der Waals surface area contributed by atoms with Crippen LogP contribution < -0.4 is 11.1 Å². The number of aryl methyl sites for hydroxylation is 1. The minimum Gasteiger partial charge on any atom is -0.480 e. The number of nitrogens with two attached hydrogens (primary N) is 1. The molecular formula is C25H23N3O5. The highest BCUT2D eigenvalue weighted by Gasteiger charge is 2.29. The van der Waals surface area contributed by atoms with E-state index in [1.54, 1.807) is 0 Å². The minimum atomic E-state index is -1.20. The molecule has 2 aromatic carbocycles. The van der Waals surface area contributed by atoms with Gasteiger partial charge in [0, 0.05) is 23.9 Å². The second-order valence-electron chi connectivity index (χ2n) is 7.80. The molecule has 4 rings (SSSR count). The lowest BCUT2D eigenvalue weighted by atomic mass is 9.98. The van der Waals surface area contributed by atoms with Crippen molar-refractivity contribution in [1.29, 1.82) is 0 Å². The van der Waals surface area contributed by atoms with E-state index in [-0.39, 0.29) is 30.9 Å². The summed E-state index contributed by atoms with van der Waals surface area (Å²) in [6.07, 6.45) is 2.34. The molecule has 168 valence electrons. The number of aromatic nitrogens is 1. The summed E-state index contributed by atoms with van der Waals surface area (Å²) in [6.45, 7) is 0.0840. The lowest BCUT2D eigenvalue weighted by Gasteiger charge is -2.17. The molecule has 0 fully saturated rings. The van der Waals surface area contributed by atoms with E-state index in [0.717, 1.165) is 22.3 Å². The second-order valence-corrected chi connectivity index (χ2v) is 7.80. The highest BCUT2D eigenvalue weighted by atomic mass is 16.5. The van der Waals surface area contributed by atoms with Crippen molar-refractivity contribution >= 4 is 18.0 Å². The molecule has 0 aliphatic heterocycles. The molecule has 1 aromatic heterocycles. The molecule has 0 saturated carbocycles. The van der Waals surface area contributed by atoms with E-state index in [2.05, 4.69) is 10.3 Å². The first-order chi connectivity index (χ1) is 16.0. The highest BCUT2D eigenvalue weighted by Crippen LogP contribution is 2.44. The van der Waals surface area contributed by atoms with Crippen molar-refractivity contribution in [1.82, 2.24) is 10.3 Å². The molecule has 8 nitrogen and oxygen atoms in total. The normalized spacial score (nSPS) is 13.0. The summed E-state index contributed by atoms with van der Waals surface area (Å²) in [4.78, 5) is 39.6. The van der Waals surface area contributed by atoms with Gasteiger partial charge in [-0.2, -0.15) is 0 Å². The molecule has 1 aliphatic rings. The van der Waals surface area contributed by atoms with Crippen LogP contribution in [0.25, 0.3) is 11.1 Å². The summed E-state index contributed by atoms with van der Waals surface area (Å²) in [6, 6.07) is 16.2. The quantitative estimate of drug-likeness (QED) is 0.488. The third-order valence-electron chi connectivity index (χ3n) is 5.81. The van der Waals surface area contributed by atoms with Crippen LogP contribution in [-0.2, 0) is 16.0 Å². The van der Waals surface area contributed by atoms with Gasteiger partial charge in [0.05, 0.1) is 0 Å². The molecule has 2 amide bonds. The Morgan fingerprint density at radius 3 is 2.27 bits per heavy atom. The molecule has 0 spiro atoms. The van der Waals surface area contributed by atoms with Crippen molar-refractivity contribution < 1.29 is 24.2 Å². The number of primary amides is 1. The number of ether oxygens (including phenoxy) is 1. The lowest BCUT2D eigenvalue weighted by Crippen LogP contribution is -2.41. The zero-order valence-corrected chi connectivity index (χ0v) is 17.7. The number of amides is 2. The van der Waals surface area contributed by atoms with E-state index in [0.29, 0.717) is 5.56 Å². The molecule has 1 atom stereocenters. The first kappa shape index (κ1) is 22.0. The Morgan fingerprint density at radius 1 is 1.03 bits per heavy atom. The molecule has 0 bridgehead atoms. The number of alkyl carbamates (subject to hydrolysis) is 1. The lowest BCUT2D eigenvalue weighted by molar-refractivity contribution is -0.139. The number of carboxylic acids is 1. The smallest absolute Gasteiger partial charge is 0.407 e. The molecular weight excluding hydrogens is 422 g/mol. The first-order valence-electron chi connectivity index (χ1n) is 10.5. The van der Waals surface area contributed by atoms with Crippen molar-refractivity contribution in [3.8, 4) is 11.1 Å². The zero-order valence-electron chi connectivity index (χ0n) is 17.7. The fourth-order valence-electron chi connectivity index (χ4n) is 4.21. The number of carbonyl (C=O) groups excluding carboxylic acids is 2. The fraction of sp³-hybridized carbons (Fsp3) is 0.200. The summed E-state index contributed by atoms with van der Waals surface area (Å²) < 4.78 is 5.43. The van der Waals surface area contributed by atoms with E-state index in [9.17, 15) is 19.5 Å². The van der Waals surface area contributed by atoms with Gasteiger partial charge in [-0.1, -0.05) is 48.5 Å². The van der Waals surface area contributed by atoms with E-state index < -0.39 is 24.0 Å². The Kier molecular flexibility index (Phi) is 6.35. The van der Waals surface area contributed by atoms with Gasteiger partial charge in [-0.25, -0.2) is 9.59 Å². The average Bonchev–Trinajstić information content (AvgIpc) is 3.14. The van der Waals surface area contributed by atoms with Gasteiger partial charge in [0.2, 0.25) is 5.91 Å². The van der Waals surface area contributed by atoms with Crippen molar-refractivity contribution in [2.24, 2.45) is 5.73 Å². The van der Waals surface area contributed by atoms with E-state index in [1.165, 1.54) is 18.5 Å². The van der Waals surface area contributed by atoms with Crippen molar-refractivity contribution in [2.45, 2.75) is 24.8 Å². The maximum Gasteiger partial charge on any atom is 0.407 e. The van der Waals surface area contributed by atoms with Crippen LogP contribution in [0, 0.1) is 0 Å². The van der Waals surface area contributed by atoms with Gasteiger partial charge in [0.25, 0.3) is 0 Å². The Balaban J connectivity index is 1.40. The van der Waals surface area contributed by atoms with Crippen LogP contribution in [-0.4, -0.2) is 40.7 Å². The van der Waals surface area contributed by atoms with E-state index >= 15 is 0 Å². The molecule has 4 N–H and O–H groups in total. The number of nitrogens with one attached hydrogen (secondary N) is 1. The van der Waals surface area contributed by atoms with Crippen LogP contribution in [0.15, 0.2) is 67.0 Å². The number of hydrogen-bond donors (Lipinski definition) is 3. The van der Waals surface area contributed by atoms with Crippen molar-refractivity contribution in [2.75, 3.05) is 6.61 Å². The summed E-state index contributed by atoms with van der Waals surface area (Å²) in [5.41, 5.74) is 10.5. The number of pyridine rings is 1. The van der Waals surface area contributed by atoms with Crippen LogP contribution in [0.1, 0.15) is 39.4 Å². The SMILES string of the molecule is NC(=O)c1ccncc1CC[C@H](NC(=O)OCC1c2ccccc2-c2ccccc21)C(=O)O. The molecule has 8 heteroatoms. The number of fused-ring (bicyclic) bond motifs is 3. The second kappa shape index (κ2) is 9.52. The third-order valence-corrected chi connectivity index (χ3v) is 5.81. The van der Waals surface area contributed by atoms with E-state index in [1.807, 2.05) is 48.5 Å². The fourth-order valence-corrected chi connectivity index (χ4v) is 4.21. The Bertz CT molecular complexity index is 1160. The monoisotopic (exact) mass is 445 g/mol. The van der Waals surface area contributed by atoms with Gasteiger partial charge >= 0.3 is 12.1 Å². The van der Waals surface area contributed by atoms with Gasteiger partial charge in [-0.3, -0.25) is 9.78 Å². The maximum atomic E-state index is 12.4. The summed E-state index contributed by atoms with van der Waals surface area (Å²) in [5.74, 6) is -1.95. The summed E-state index contributed by atoms with van der Waals surface area (Å²) in [5, 5.41) is 12.0. The van der Waals surface area contributed by atoms with Crippen LogP contribution in [0.4, 0.5) is 4.79 Å². The first-order valence-corrected chi connectivity index (χ1v) is 10.5.